The van der Waals surface area contributed by atoms with Crippen LogP contribution in [0.3, 0.4) is 0 Å². The van der Waals surface area contributed by atoms with E-state index < -0.39 is 0 Å². The Kier molecular flexibility index (Phi) is 201. The molecular formula is C61H142O10. The molecule has 0 amide bonds. The van der Waals surface area contributed by atoms with Gasteiger partial charge < -0.3 is 33.6 Å². The number of ketones is 10. The van der Waals surface area contributed by atoms with Crippen molar-refractivity contribution in [1.82, 2.24) is 0 Å². The third kappa shape index (κ3) is 296. The Hall–Kier alpha value is -3.30. The van der Waals surface area contributed by atoms with E-state index in [9.17, 15) is 47.9 Å². The maximum atomic E-state index is 10.5. The molecule has 0 spiro atoms. The summed E-state index contributed by atoms with van der Waals surface area (Å²) in [5.74, 6) is 2.97. The van der Waals surface area contributed by atoms with Gasteiger partial charge in [0.25, 0.3) is 0 Å². The van der Waals surface area contributed by atoms with E-state index in [0.717, 1.165) is 70.6 Å². The summed E-state index contributed by atoms with van der Waals surface area (Å²) < 4.78 is 0. The molecule has 0 aliphatic heterocycles. The summed E-state index contributed by atoms with van der Waals surface area (Å²) in [7, 11) is 0. The summed E-state index contributed by atoms with van der Waals surface area (Å²) >= 11 is 0. The number of Topliss-reactive ketones (excluding diaryl/α,β-unsaturated/α-hetero) is 10. The third-order valence-corrected chi connectivity index (χ3v) is 7.01. The molecule has 0 bridgehead atoms. The van der Waals surface area contributed by atoms with Crippen LogP contribution in [0.5, 0.6) is 0 Å². The van der Waals surface area contributed by atoms with Crippen molar-refractivity contribution in [3.63, 3.8) is 0 Å². The SMILES string of the molecule is C.C.C.C.C.C.C.C.C.C.CC(=O)C(C)(C)C.CC(=O)C(C)C.CC(C)=O.CCC(C)=O.CCC(C)=O.CCCC(=O)CC.CCCC(C)=O.CCCC(C)=O.CCCCC(C)=O.CCCCCC(C)=O. The van der Waals surface area contributed by atoms with E-state index in [4.69, 9.17) is 0 Å². The van der Waals surface area contributed by atoms with Crippen molar-refractivity contribution < 1.29 is 47.9 Å². The zero-order valence-corrected chi connectivity index (χ0v) is 44.5. The largest absolute Gasteiger partial charge is 0.300 e. The fourth-order valence-corrected chi connectivity index (χ4v) is 2.21. The van der Waals surface area contributed by atoms with Gasteiger partial charge in [-0.25, -0.2) is 0 Å². The molecule has 0 unspecified atom stereocenters. The maximum absolute atomic E-state index is 10.5. The molecule has 0 saturated carbocycles. The minimum Gasteiger partial charge on any atom is -0.300 e. The fraction of sp³-hybridized carbons (Fsp3) is 0.836. The van der Waals surface area contributed by atoms with E-state index in [1.165, 1.54) is 26.7 Å². The number of carbonyl (C=O) groups excluding carboxylic acids is 10. The fourth-order valence-electron chi connectivity index (χ4n) is 2.21. The minimum atomic E-state index is -0.139. The Morgan fingerprint density at radius 3 is 0.592 bits per heavy atom. The van der Waals surface area contributed by atoms with Gasteiger partial charge in [-0.05, 0) is 101 Å². The van der Waals surface area contributed by atoms with Gasteiger partial charge in [-0.1, -0.05) is 184 Å². The van der Waals surface area contributed by atoms with Crippen molar-refractivity contribution in [2.75, 3.05) is 0 Å². The molecule has 0 radical (unpaired) electrons. The highest BCUT2D eigenvalue weighted by molar-refractivity contribution is 5.81. The Morgan fingerprint density at radius 2 is 0.521 bits per heavy atom. The lowest BCUT2D eigenvalue weighted by molar-refractivity contribution is -0.124. The van der Waals surface area contributed by atoms with E-state index in [0.29, 0.717) is 36.6 Å². The van der Waals surface area contributed by atoms with Crippen LogP contribution in [0.4, 0.5) is 0 Å². The molecular weight excluding hydrogens is 893 g/mol. The van der Waals surface area contributed by atoms with Crippen LogP contribution in [0.2, 0.25) is 0 Å². The van der Waals surface area contributed by atoms with Crippen molar-refractivity contribution in [2.24, 2.45) is 11.3 Å². The zero-order valence-electron chi connectivity index (χ0n) is 44.5. The van der Waals surface area contributed by atoms with E-state index in [-0.39, 0.29) is 126 Å². The van der Waals surface area contributed by atoms with E-state index in [1.807, 2.05) is 76.2 Å². The molecule has 0 heterocycles. The van der Waals surface area contributed by atoms with Crippen LogP contribution in [0, 0.1) is 11.3 Å². The monoisotopic (exact) mass is 1040 g/mol. The molecule has 0 aromatic rings. The van der Waals surface area contributed by atoms with E-state index in [1.54, 1.807) is 55.4 Å². The van der Waals surface area contributed by atoms with E-state index in [2.05, 4.69) is 13.8 Å². The van der Waals surface area contributed by atoms with Crippen molar-refractivity contribution in [3.8, 4) is 0 Å². The first kappa shape index (κ1) is 132. The molecule has 0 aromatic heterocycles. The lowest BCUT2D eigenvalue weighted by atomic mass is 9.92. The van der Waals surface area contributed by atoms with E-state index >= 15 is 0 Å². The molecule has 446 valence electrons. The Morgan fingerprint density at radius 1 is 0.324 bits per heavy atom. The summed E-state index contributed by atoms with van der Waals surface area (Å²) in [4.78, 5) is 101. The highest BCUT2D eigenvalue weighted by Gasteiger charge is 2.14. The van der Waals surface area contributed by atoms with Crippen LogP contribution >= 0.6 is 0 Å². The molecule has 0 fully saturated rings. The quantitative estimate of drug-likeness (QED) is 0.128. The zero-order chi connectivity index (χ0) is 51.2. The van der Waals surface area contributed by atoms with Gasteiger partial charge in [0.1, 0.15) is 57.8 Å². The summed E-state index contributed by atoms with van der Waals surface area (Å²) in [6.45, 7) is 41.3. The van der Waals surface area contributed by atoms with Gasteiger partial charge in [-0.3, -0.25) is 14.4 Å². The number of rotatable bonds is 17. The van der Waals surface area contributed by atoms with Gasteiger partial charge in [0.05, 0.1) is 0 Å². The molecule has 0 atom stereocenters. The summed E-state index contributed by atoms with van der Waals surface area (Å²) in [6.07, 6.45) is 14.4. The smallest absolute Gasteiger partial charge is 0.135 e. The number of unbranched alkanes of at least 4 members (excludes halogenated alkanes) is 3. The predicted octanol–water partition coefficient (Wildman–Crippen LogP) is 20.2. The van der Waals surface area contributed by atoms with Gasteiger partial charge in [-0.2, -0.15) is 0 Å². The highest BCUT2D eigenvalue weighted by atomic mass is 16.2. The Bertz CT molecular complexity index is 1050. The average molecular weight is 1040 g/mol. The second kappa shape index (κ2) is 108. The average Bonchev–Trinajstić information content (AvgIpc) is 3.12. The van der Waals surface area contributed by atoms with Crippen LogP contribution in [-0.2, 0) is 47.9 Å². The second-order valence-electron chi connectivity index (χ2n) is 16.1. The van der Waals surface area contributed by atoms with Crippen LogP contribution in [0.1, 0.15) is 336 Å². The van der Waals surface area contributed by atoms with Crippen molar-refractivity contribution in [2.45, 2.75) is 336 Å². The number of hydrogen-bond acceptors (Lipinski definition) is 10. The Labute approximate surface area is 451 Å². The van der Waals surface area contributed by atoms with Crippen molar-refractivity contribution >= 4 is 57.8 Å². The maximum Gasteiger partial charge on any atom is 0.135 e. The molecule has 10 nitrogen and oxygen atoms in total. The first-order valence-electron chi connectivity index (χ1n) is 22.7. The molecule has 0 aromatic carbocycles. The van der Waals surface area contributed by atoms with Crippen LogP contribution < -0.4 is 0 Å². The van der Waals surface area contributed by atoms with Gasteiger partial charge in [0.15, 0.2) is 0 Å². The summed E-state index contributed by atoms with van der Waals surface area (Å²) in [5, 5.41) is 0. The van der Waals surface area contributed by atoms with Gasteiger partial charge in [0.2, 0.25) is 0 Å². The van der Waals surface area contributed by atoms with Crippen LogP contribution in [0.15, 0.2) is 0 Å². The molecule has 0 aliphatic carbocycles. The van der Waals surface area contributed by atoms with Gasteiger partial charge >= 0.3 is 0 Å². The lowest BCUT2D eigenvalue weighted by Crippen LogP contribution is -2.15. The number of carbonyl (C=O) groups is 10. The first-order valence-corrected chi connectivity index (χ1v) is 22.7. The van der Waals surface area contributed by atoms with Crippen LogP contribution in [0.25, 0.3) is 0 Å². The molecule has 0 rings (SSSR count). The molecule has 10 heteroatoms. The summed E-state index contributed by atoms with van der Waals surface area (Å²) in [5.41, 5.74) is -0.139. The lowest BCUT2D eigenvalue weighted by Gasteiger charge is -2.11. The molecule has 0 N–H and O–H groups in total. The third-order valence-electron chi connectivity index (χ3n) is 7.01. The number of hydrogen-bond donors (Lipinski definition) is 0. The summed E-state index contributed by atoms with van der Waals surface area (Å²) in [6, 6.07) is 0. The predicted molar refractivity (Wildman–Crippen MR) is 328 cm³/mol. The molecule has 71 heavy (non-hydrogen) atoms. The van der Waals surface area contributed by atoms with Crippen LogP contribution in [-0.4, -0.2) is 57.8 Å². The second-order valence-corrected chi connectivity index (χ2v) is 16.1. The van der Waals surface area contributed by atoms with Gasteiger partial charge in [0, 0.05) is 62.7 Å². The first-order chi connectivity index (χ1) is 27.7. The molecule has 0 saturated heterocycles. The van der Waals surface area contributed by atoms with Gasteiger partial charge in [-0.15, -0.1) is 0 Å². The molecule has 0 aliphatic rings. The normalized spacial score (nSPS) is 7.55. The minimum absolute atomic E-state index is 0. The standard InChI is InChI=1S/C7H14O.3C6H12O.3C5H10O.2C4H8O.C3H6O.10CH4/c1-3-4-5-6-7(2)8;1-5(7)6(2,3)4;1-3-4-5-6(2)7;1-3-5-6(7)4-2;1-4(2)5(3)6;2*1-3-4-5(2)6;2*1-3-4(2)5;1-3(2)4;;;;;;;;;;/h3-6H2,1-2H3;1-4H3;2*3-5H2,1-2H3;4H,1-3H3;2*3-4H2,1-2H3;2*3H2,1-2H3;1-2H3;10*1H4. The van der Waals surface area contributed by atoms with Crippen molar-refractivity contribution in [3.05, 3.63) is 0 Å². The highest BCUT2D eigenvalue weighted by Crippen LogP contribution is 2.12. The topological polar surface area (TPSA) is 171 Å². The van der Waals surface area contributed by atoms with Crippen molar-refractivity contribution in [1.29, 1.82) is 0 Å². The Balaban J connectivity index is -0.0000000224.